The maximum Gasteiger partial charge on any atom is 0.387 e. The summed E-state index contributed by atoms with van der Waals surface area (Å²) in [6.45, 7) is 1.23. The van der Waals surface area contributed by atoms with Gasteiger partial charge in [-0.05, 0) is 50.3 Å². The summed E-state index contributed by atoms with van der Waals surface area (Å²) < 4.78 is 28.2. The Labute approximate surface area is 111 Å². The number of rotatable bonds is 4. The van der Waals surface area contributed by atoms with Crippen LogP contribution in [0.4, 0.5) is 14.5 Å². The van der Waals surface area contributed by atoms with Gasteiger partial charge in [0.05, 0.1) is 0 Å². The lowest BCUT2D eigenvalue weighted by Crippen LogP contribution is -2.36. The zero-order valence-corrected chi connectivity index (χ0v) is 11.3. The molecule has 0 aliphatic rings. The lowest BCUT2D eigenvalue weighted by Gasteiger charge is -2.24. The van der Waals surface area contributed by atoms with E-state index >= 15 is 0 Å². The molecule has 0 atom stereocenters. The first-order valence-corrected chi connectivity index (χ1v) is 5.89. The summed E-state index contributed by atoms with van der Waals surface area (Å²) in [6.07, 6.45) is 0. The largest absolute Gasteiger partial charge is 0.435 e. The highest BCUT2D eigenvalue weighted by atomic mass is 32.1. The Morgan fingerprint density at radius 2 is 1.83 bits per heavy atom. The van der Waals surface area contributed by atoms with Gasteiger partial charge in [0.25, 0.3) is 0 Å². The molecule has 1 rings (SSSR count). The van der Waals surface area contributed by atoms with Crippen molar-refractivity contribution in [2.24, 2.45) is 0 Å². The molecular weight excluding hydrogens is 258 g/mol. The van der Waals surface area contributed by atoms with Crippen molar-refractivity contribution in [2.75, 3.05) is 12.4 Å². The van der Waals surface area contributed by atoms with Crippen LogP contribution < -0.4 is 10.1 Å². The van der Waals surface area contributed by atoms with Gasteiger partial charge in [-0.3, -0.25) is 0 Å². The maximum absolute atomic E-state index is 12.0. The van der Waals surface area contributed by atoms with Gasteiger partial charge in [-0.15, -0.1) is 0 Å². The fourth-order valence-electron chi connectivity index (χ4n) is 1.17. The smallest absolute Gasteiger partial charge is 0.387 e. The predicted octanol–water partition coefficient (Wildman–Crippen LogP) is 3.33. The van der Waals surface area contributed by atoms with Crippen LogP contribution in [0.1, 0.15) is 13.8 Å². The van der Waals surface area contributed by atoms with Crippen LogP contribution in [-0.4, -0.2) is 29.7 Å². The molecule has 0 spiro atoms. The summed E-state index contributed by atoms with van der Waals surface area (Å²) in [5.74, 6) is 0.124. The van der Waals surface area contributed by atoms with E-state index in [-0.39, 0.29) is 11.8 Å². The Morgan fingerprint density at radius 1 is 1.28 bits per heavy atom. The second-order valence-corrected chi connectivity index (χ2v) is 4.42. The molecule has 6 heteroatoms. The first-order valence-electron chi connectivity index (χ1n) is 5.49. The molecule has 0 bridgehead atoms. The molecule has 1 aromatic carbocycles. The van der Waals surface area contributed by atoms with Gasteiger partial charge in [0.2, 0.25) is 0 Å². The van der Waals surface area contributed by atoms with Gasteiger partial charge in [-0.2, -0.15) is 8.78 Å². The topological polar surface area (TPSA) is 24.5 Å². The summed E-state index contributed by atoms with van der Waals surface area (Å²) in [4.78, 5) is 1.90. The first kappa shape index (κ1) is 14.6. The van der Waals surface area contributed by atoms with E-state index in [9.17, 15) is 8.78 Å². The molecule has 0 saturated heterocycles. The molecule has 0 unspecified atom stereocenters. The Kier molecular flexibility index (Phi) is 5.27. The third kappa shape index (κ3) is 4.44. The molecule has 1 aromatic rings. The van der Waals surface area contributed by atoms with Crippen molar-refractivity contribution in [3.8, 4) is 5.75 Å². The quantitative estimate of drug-likeness (QED) is 0.851. The lowest BCUT2D eigenvalue weighted by molar-refractivity contribution is -0.0498. The molecule has 1 N–H and O–H groups in total. The van der Waals surface area contributed by atoms with E-state index in [1.165, 1.54) is 12.1 Å². The molecule has 0 heterocycles. The van der Waals surface area contributed by atoms with Crippen LogP contribution in [-0.2, 0) is 0 Å². The van der Waals surface area contributed by atoms with Gasteiger partial charge in [0.1, 0.15) is 5.75 Å². The zero-order chi connectivity index (χ0) is 13.7. The van der Waals surface area contributed by atoms with Gasteiger partial charge in [-0.1, -0.05) is 0 Å². The van der Waals surface area contributed by atoms with E-state index in [0.29, 0.717) is 5.11 Å². The standard InChI is InChI=1S/C12H16F2N2OS/c1-8(2)16(3)12(18)15-9-4-6-10(7-5-9)17-11(13)14/h4-8,11H,1-3H3,(H,15,18). The van der Waals surface area contributed by atoms with Crippen molar-refractivity contribution in [1.29, 1.82) is 0 Å². The third-order valence-electron chi connectivity index (χ3n) is 2.43. The SMILES string of the molecule is CC(C)N(C)C(=S)Nc1ccc(OC(F)F)cc1. The van der Waals surface area contributed by atoms with E-state index in [1.54, 1.807) is 12.1 Å². The van der Waals surface area contributed by atoms with Crippen LogP contribution in [0.15, 0.2) is 24.3 Å². The lowest BCUT2D eigenvalue weighted by atomic mass is 10.3. The summed E-state index contributed by atoms with van der Waals surface area (Å²) in [5, 5.41) is 3.59. The summed E-state index contributed by atoms with van der Waals surface area (Å²) in [6, 6.07) is 6.49. The first-order chi connectivity index (χ1) is 8.40. The van der Waals surface area contributed by atoms with E-state index in [0.717, 1.165) is 5.69 Å². The van der Waals surface area contributed by atoms with Gasteiger partial charge >= 0.3 is 6.61 Å². The molecule has 18 heavy (non-hydrogen) atoms. The molecule has 0 saturated carbocycles. The summed E-state index contributed by atoms with van der Waals surface area (Å²) in [7, 11) is 1.88. The third-order valence-corrected chi connectivity index (χ3v) is 2.82. The van der Waals surface area contributed by atoms with Crippen LogP contribution in [0, 0.1) is 0 Å². The average Bonchev–Trinajstić information content (AvgIpc) is 2.29. The van der Waals surface area contributed by atoms with Gasteiger partial charge in [0, 0.05) is 18.8 Å². The highest BCUT2D eigenvalue weighted by molar-refractivity contribution is 7.80. The number of hydrogen-bond donors (Lipinski definition) is 1. The Bertz CT molecular complexity index is 396. The predicted molar refractivity (Wildman–Crippen MR) is 72.2 cm³/mol. The molecule has 0 fully saturated rings. The number of hydrogen-bond acceptors (Lipinski definition) is 2. The van der Waals surface area contributed by atoms with Crippen LogP contribution in [0.3, 0.4) is 0 Å². The molecule has 3 nitrogen and oxygen atoms in total. The molecule has 0 aliphatic carbocycles. The average molecular weight is 274 g/mol. The minimum atomic E-state index is -2.81. The van der Waals surface area contributed by atoms with Crippen molar-refractivity contribution < 1.29 is 13.5 Å². The molecule has 100 valence electrons. The van der Waals surface area contributed by atoms with Crippen molar-refractivity contribution in [3.63, 3.8) is 0 Å². The van der Waals surface area contributed by atoms with E-state index in [4.69, 9.17) is 12.2 Å². The number of nitrogens with one attached hydrogen (secondary N) is 1. The zero-order valence-electron chi connectivity index (χ0n) is 10.5. The molecule has 0 aliphatic heterocycles. The molecule has 0 radical (unpaired) electrons. The Hall–Kier alpha value is -1.43. The number of halogens is 2. The van der Waals surface area contributed by atoms with Crippen LogP contribution in [0.5, 0.6) is 5.75 Å². The fraction of sp³-hybridized carbons (Fsp3) is 0.417. The van der Waals surface area contributed by atoms with Crippen LogP contribution >= 0.6 is 12.2 Å². The fourth-order valence-corrected chi connectivity index (χ4v) is 1.49. The highest BCUT2D eigenvalue weighted by Gasteiger charge is 2.08. The van der Waals surface area contributed by atoms with Crippen LogP contribution in [0.2, 0.25) is 0 Å². The maximum atomic E-state index is 12.0. The molecular formula is C12H16F2N2OS. The number of nitrogens with zero attached hydrogens (tertiary/aromatic N) is 1. The van der Waals surface area contributed by atoms with Crippen molar-refractivity contribution in [2.45, 2.75) is 26.5 Å². The number of thiocarbonyl (C=S) groups is 1. The molecule has 0 aromatic heterocycles. The van der Waals surface area contributed by atoms with E-state index in [1.807, 2.05) is 25.8 Å². The number of alkyl halides is 2. The Balaban J connectivity index is 2.61. The van der Waals surface area contributed by atoms with Gasteiger partial charge in [0.15, 0.2) is 5.11 Å². The summed E-state index contributed by atoms with van der Waals surface area (Å²) in [5.41, 5.74) is 0.731. The minimum absolute atomic E-state index is 0.124. The van der Waals surface area contributed by atoms with Crippen molar-refractivity contribution in [1.82, 2.24) is 4.90 Å². The van der Waals surface area contributed by atoms with Gasteiger partial charge < -0.3 is 15.0 Å². The van der Waals surface area contributed by atoms with Crippen LogP contribution in [0.25, 0.3) is 0 Å². The number of ether oxygens (including phenoxy) is 1. The summed E-state index contributed by atoms with van der Waals surface area (Å²) >= 11 is 5.20. The highest BCUT2D eigenvalue weighted by Crippen LogP contribution is 2.18. The minimum Gasteiger partial charge on any atom is -0.435 e. The van der Waals surface area contributed by atoms with Gasteiger partial charge in [-0.25, -0.2) is 0 Å². The number of benzene rings is 1. The van der Waals surface area contributed by atoms with E-state index in [2.05, 4.69) is 10.1 Å². The number of anilines is 1. The second-order valence-electron chi connectivity index (χ2n) is 4.04. The normalized spacial score (nSPS) is 10.6. The van der Waals surface area contributed by atoms with Crippen molar-refractivity contribution in [3.05, 3.63) is 24.3 Å². The Morgan fingerprint density at radius 3 is 2.28 bits per heavy atom. The van der Waals surface area contributed by atoms with Crippen molar-refractivity contribution >= 4 is 23.0 Å². The monoisotopic (exact) mass is 274 g/mol. The second kappa shape index (κ2) is 6.49. The molecule has 0 amide bonds. The van der Waals surface area contributed by atoms with E-state index < -0.39 is 6.61 Å².